The zero-order valence-electron chi connectivity index (χ0n) is 21.7. The van der Waals surface area contributed by atoms with Crippen LogP contribution in [0.1, 0.15) is 60.4 Å². The van der Waals surface area contributed by atoms with Crippen LogP contribution in [0, 0.1) is 0 Å². The van der Waals surface area contributed by atoms with Crippen molar-refractivity contribution in [3.05, 3.63) is 94.5 Å². The molecule has 4 aliphatic rings. The highest BCUT2D eigenvalue weighted by molar-refractivity contribution is 6.16. The maximum atomic E-state index is 11.5. The molecule has 184 valence electrons. The van der Waals surface area contributed by atoms with Crippen LogP contribution in [0.25, 0.3) is 21.5 Å². The van der Waals surface area contributed by atoms with Crippen molar-refractivity contribution >= 4 is 33.6 Å². The smallest absolute Gasteiger partial charge is 0.281 e. The monoisotopic (exact) mass is 487 g/mol. The zero-order chi connectivity index (χ0) is 25.3. The van der Waals surface area contributed by atoms with Gasteiger partial charge in [0.15, 0.2) is 12.1 Å². The van der Waals surface area contributed by atoms with E-state index in [1.165, 1.54) is 55.1 Å². The number of hydrogen-bond donors (Lipinski definition) is 1. The predicted molar refractivity (Wildman–Crippen MR) is 148 cm³/mol. The minimum Gasteiger partial charge on any atom is -0.362 e. The molecule has 0 saturated heterocycles. The summed E-state index contributed by atoms with van der Waals surface area (Å²) in [5.74, 6) is -1.15. The van der Waals surface area contributed by atoms with E-state index in [0.717, 1.165) is 6.42 Å². The first kappa shape index (κ1) is 21.7. The fourth-order valence-electron chi connectivity index (χ4n) is 7.45. The standard InChI is InChI=1S/C33H31N2O2/c1-32(2,3)20-11-14-22-19(15-20)10-13-24-27(22)30-28-23-12-9-18-7-5-6-8-21(18)25(23)16-26(28)34-17-35(30)31-29(24)33(31,36)37-4/h5-15,17,26,28-29,31,36H,16H2,1-4H3/q+1. The van der Waals surface area contributed by atoms with Crippen LogP contribution in [0.2, 0.25) is 0 Å². The first-order chi connectivity index (χ1) is 17.8. The van der Waals surface area contributed by atoms with Crippen LogP contribution in [-0.2, 0) is 16.6 Å². The molecule has 2 heterocycles. The van der Waals surface area contributed by atoms with Crippen molar-refractivity contribution in [3.63, 3.8) is 0 Å². The quantitative estimate of drug-likeness (QED) is 0.278. The number of rotatable bonds is 1. The molecule has 0 radical (unpaired) electrons. The van der Waals surface area contributed by atoms with Crippen LogP contribution < -0.4 is 0 Å². The third-order valence-corrected chi connectivity index (χ3v) is 9.38. The minimum absolute atomic E-state index is 0.0786. The van der Waals surface area contributed by atoms with Crippen LogP contribution in [0.4, 0.5) is 0 Å². The number of ether oxygens (including phenoxy) is 1. The highest BCUT2D eigenvalue weighted by Gasteiger charge is 2.74. The lowest BCUT2D eigenvalue weighted by atomic mass is 9.79. The molecule has 2 aliphatic carbocycles. The second kappa shape index (κ2) is 6.94. The molecule has 37 heavy (non-hydrogen) atoms. The average molecular weight is 488 g/mol. The van der Waals surface area contributed by atoms with Crippen molar-refractivity contribution in [1.29, 1.82) is 0 Å². The maximum absolute atomic E-state index is 11.5. The van der Waals surface area contributed by atoms with Crippen molar-refractivity contribution < 1.29 is 14.4 Å². The van der Waals surface area contributed by atoms with Gasteiger partial charge in [0.05, 0.1) is 11.8 Å². The predicted octanol–water partition coefficient (Wildman–Crippen LogP) is 5.66. The van der Waals surface area contributed by atoms with Crippen LogP contribution in [0.15, 0.2) is 71.7 Å². The number of hydrogen-bond acceptors (Lipinski definition) is 3. The molecule has 0 aromatic heterocycles. The number of nitrogens with zero attached hydrogens (tertiary/aromatic N) is 2. The van der Waals surface area contributed by atoms with Gasteiger partial charge in [-0.3, -0.25) is 0 Å². The van der Waals surface area contributed by atoms with E-state index in [2.05, 4.69) is 92.1 Å². The molecule has 5 atom stereocenters. The first-order valence-corrected chi connectivity index (χ1v) is 13.4. The summed E-state index contributed by atoms with van der Waals surface area (Å²) in [6.07, 6.45) is 2.93. The summed E-state index contributed by atoms with van der Waals surface area (Å²) in [5, 5.41) is 16.7. The lowest BCUT2D eigenvalue weighted by Gasteiger charge is -2.28. The van der Waals surface area contributed by atoms with Crippen molar-refractivity contribution in [2.24, 2.45) is 4.99 Å². The molecule has 1 saturated carbocycles. The van der Waals surface area contributed by atoms with Crippen molar-refractivity contribution in [2.45, 2.75) is 62.3 Å². The molecule has 4 aromatic rings. The molecule has 2 aliphatic heterocycles. The molecule has 0 spiro atoms. The number of methoxy groups -OCH3 is 1. The Morgan fingerprint density at radius 1 is 0.946 bits per heavy atom. The molecule has 1 fully saturated rings. The Bertz CT molecular complexity index is 1730. The first-order valence-electron chi connectivity index (χ1n) is 13.4. The second-order valence-electron chi connectivity index (χ2n) is 12.3. The van der Waals surface area contributed by atoms with Crippen LogP contribution in [0.3, 0.4) is 0 Å². The van der Waals surface area contributed by atoms with E-state index in [-0.39, 0.29) is 29.3 Å². The second-order valence-corrected chi connectivity index (χ2v) is 12.3. The van der Waals surface area contributed by atoms with E-state index < -0.39 is 5.79 Å². The van der Waals surface area contributed by atoms with Crippen molar-refractivity contribution in [1.82, 2.24) is 0 Å². The van der Waals surface area contributed by atoms with Gasteiger partial charge in [-0.25, -0.2) is 4.58 Å². The van der Waals surface area contributed by atoms with Gasteiger partial charge in [0, 0.05) is 19.1 Å². The SMILES string of the molecule is COC1(O)C2c3ccc4cc(C(C)(C)C)ccc4c3C3=[N+](C=NC4Cc5c(ccc6ccccc56)C34)C21. The lowest BCUT2D eigenvalue weighted by molar-refractivity contribution is -0.443. The number of benzene rings is 4. The van der Waals surface area contributed by atoms with Gasteiger partial charge in [0.1, 0.15) is 5.71 Å². The Morgan fingerprint density at radius 3 is 2.54 bits per heavy atom. The van der Waals surface area contributed by atoms with Gasteiger partial charge in [-0.1, -0.05) is 92.5 Å². The summed E-state index contributed by atoms with van der Waals surface area (Å²) in [6.45, 7) is 6.79. The van der Waals surface area contributed by atoms with Crippen molar-refractivity contribution in [2.75, 3.05) is 7.11 Å². The Balaban J connectivity index is 1.42. The Hall–Kier alpha value is -3.34. The van der Waals surface area contributed by atoms with Gasteiger partial charge >= 0.3 is 0 Å². The topological polar surface area (TPSA) is 44.8 Å². The third kappa shape index (κ3) is 2.70. The summed E-state index contributed by atoms with van der Waals surface area (Å²) in [6, 6.07) is 24.7. The van der Waals surface area contributed by atoms with E-state index >= 15 is 0 Å². The van der Waals surface area contributed by atoms with Gasteiger partial charge in [0.25, 0.3) is 6.34 Å². The van der Waals surface area contributed by atoms with Crippen LogP contribution in [-0.4, -0.2) is 46.7 Å². The van der Waals surface area contributed by atoms with Crippen LogP contribution in [0.5, 0.6) is 0 Å². The molecule has 4 aromatic carbocycles. The van der Waals surface area contributed by atoms with E-state index in [1.54, 1.807) is 7.11 Å². The minimum atomic E-state index is -1.21. The van der Waals surface area contributed by atoms with Gasteiger partial charge < -0.3 is 9.84 Å². The van der Waals surface area contributed by atoms with E-state index in [9.17, 15) is 5.11 Å². The largest absolute Gasteiger partial charge is 0.362 e. The molecule has 5 unspecified atom stereocenters. The Morgan fingerprint density at radius 2 is 1.73 bits per heavy atom. The number of aliphatic imine (C=N–C) groups is 1. The molecule has 4 nitrogen and oxygen atoms in total. The third-order valence-electron chi connectivity index (χ3n) is 9.38. The van der Waals surface area contributed by atoms with Crippen molar-refractivity contribution in [3.8, 4) is 0 Å². The summed E-state index contributed by atoms with van der Waals surface area (Å²) in [4.78, 5) is 5.09. The van der Waals surface area contributed by atoms with Crippen LogP contribution >= 0.6 is 0 Å². The van der Waals surface area contributed by atoms with Gasteiger partial charge in [-0.2, -0.15) is 0 Å². The highest BCUT2D eigenvalue weighted by atomic mass is 16.6. The summed E-state index contributed by atoms with van der Waals surface area (Å²) >= 11 is 0. The van der Waals surface area contributed by atoms with Gasteiger partial charge in [-0.05, 0) is 49.2 Å². The summed E-state index contributed by atoms with van der Waals surface area (Å²) in [7, 11) is 1.62. The van der Waals surface area contributed by atoms with Gasteiger partial charge in [0.2, 0.25) is 5.79 Å². The Kier molecular flexibility index (Phi) is 4.08. The zero-order valence-corrected chi connectivity index (χ0v) is 21.7. The molecule has 1 N–H and O–H groups in total. The lowest BCUT2D eigenvalue weighted by Crippen LogP contribution is -2.41. The molecule has 4 heteroatoms. The van der Waals surface area contributed by atoms with Gasteiger partial charge in [-0.15, -0.1) is 0 Å². The molecular weight excluding hydrogens is 456 g/mol. The Labute approximate surface area is 216 Å². The highest BCUT2D eigenvalue weighted by Crippen LogP contribution is 2.59. The number of fused-ring (bicyclic) bond motifs is 13. The fourth-order valence-corrected chi connectivity index (χ4v) is 7.45. The normalized spacial score (nSPS) is 29.1. The fraction of sp³-hybridized carbons (Fsp3) is 0.333. The summed E-state index contributed by atoms with van der Waals surface area (Å²) in [5.41, 5.74) is 7.92. The molecular formula is C33H31N2O2+. The number of aliphatic hydroxyl groups is 1. The maximum Gasteiger partial charge on any atom is 0.281 e. The molecule has 8 rings (SSSR count). The van der Waals surface area contributed by atoms with E-state index in [4.69, 9.17) is 9.73 Å². The molecule has 0 bridgehead atoms. The summed E-state index contributed by atoms with van der Waals surface area (Å²) < 4.78 is 8.00. The molecule has 0 amide bonds. The van der Waals surface area contributed by atoms with E-state index in [1.807, 2.05) is 6.34 Å². The van der Waals surface area contributed by atoms with E-state index in [0.29, 0.717) is 0 Å². The average Bonchev–Trinajstić information content (AvgIpc) is 3.35.